The van der Waals surface area contributed by atoms with Gasteiger partial charge in [-0.15, -0.1) is 11.3 Å². The molecule has 6 heteroatoms. The summed E-state index contributed by atoms with van der Waals surface area (Å²) in [5.41, 5.74) is 0.334. The normalized spacial score (nSPS) is 17.1. The number of nitrogens with zero attached hydrogens (tertiary/aromatic N) is 3. The van der Waals surface area contributed by atoms with E-state index in [2.05, 4.69) is 38.8 Å². The van der Waals surface area contributed by atoms with Crippen LogP contribution in [-0.4, -0.2) is 29.5 Å². The van der Waals surface area contributed by atoms with Crippen LogP contribution in [-0.2, 0) is 0 Å². The van der Waals surface area contributed by atoms with Crippen molar-refractivity contribution in [1.29, 1.82) is 5.26 Å². The molecule has 1 saturated heterocycles. The molecule has 2 aromatic heterocycles. The number of oxazole rings is 1. The van der Waals surface area contributed by atoms with Crippen molar-refractivity contribution < 1.29 is 4.42 Å². The van der Waals surface area contributed by atoms with Crippen LogP contribution in [0.15, 0.2) is 21.9 Å². The molecule has 0 aromatic carbocycles. The summed E-state index contributed by atoms with van der Waals surface area (Å²) in [6.45, 7) is 4.74. The van der Waals surface area contributed by atoms with E-state index < -0.39 is 0 Å². The average molecular weight is 316 g/mol. The summed E-state index contributed by atoms with van der Waals surface area (Å²) in [6, 6.07) is 6.67. The number of anilines is 1. The highest BCUT2D eigenvalue weighted by Gasteiger charge is 2.24. The van der Waals surface area contributed by atoms with Crippen LogP contribution in [0.5, 0.6) is 0 Å². The Bertz CT molecular complexity index is 638. The SMILES string of the molecule is Cc1nc(C#N)c(NCC(c2cccs2)N2CCCCC2)o1. The van der Waals surface area contributed by atoms with Gasteiger partial charge in [0.25, 0.3) is 0 Å². The van der Waals surface area contributed by atoms with Crippen molar-refractivity contribution in [2.24, 2.45) is 0 Å². The van der Waals surface area contributed by atoms with E-state index in [0.717, 1.165) is 19.6 Å². The molecule has 3 heterocycles. The van der Waals surface area contributed by atoms with Crippen LogP contribution in [0.4, 0.5) is 5.88 Å². The maximum atomic E-state index is 9.11. The van der Waals surface area contributed by atoms with Crippen LogP contribution in [0.1, 0.15) is 41.8 Å². The Hall–Kier alpha value is -1.84. The third-order valence-electron chi connectivity index (χ3n) is 4.00. The Labute approximate surface area is 134 Å². The van der Waals surface area contributed by atoms with Crippen LogP contribution in [0.25, 0.3) is 0 Å². The summed E-state index contributed by atoms with van der Waals surface area (Å²) in [7, 11) is 0. The van der Waals surface area contributed by atoms with Crippen molar-refractivity contribution >= 4 is 17.2 Å². The molecule has 1 aliphatic heterocycles. The van der Waals surface area contributed by atoms with Gasteiger partial charge in [-0.1, -0.05) is 12.5 Å². The Morgan fingerprint density at radius 1 is 1.45 bits per heavy atom. The maximum absolute atomic E-state index is 9.11. The van der Waals surface area contributed by atoms with Crippen LogP contribution in [0.2, 0.25) is 0 Å². The van der Waals surface area contributed by atoms with Gasteiger partial charge in [-0.3, -0.25) is 4.90 Å². The van der Waals surface area contributed by atoms with E-state index in [-0.39, 0.29) is 0 Å². The van der Waals surface area contributed by atoms with Crippen molar-refractivity contribution in [1.82, 2.24) is 9.88 Å². The predicted molar refractivity (Wildman–Crippen MR) is 86.9 cm³/mol. The van der Waals surface area contributed by atoms with Gasteiger partial charge in [0, 0.05) is 18.3 Å². The monoisotopic (exact) mass is 316 g/mol. The third kappa shape index (κ3) is 3.32. The van der Waals surface area contributed by atoms with E-state index in [1.54, 1.807) is 18.3 Å². The topological polar surface area (TPSA) is 65.1 Å². The zero-order chi connectivity index (χ0) is 15.4. The number of aryl methyl sites for hydroxylation is 1. The Kier molecular flexibility index (Phi) is 4.76. The second kappa shape index (κ2) is 6.95. The number of hydrogen-bond donors (Lipinski definition) is 1. The second-order valence-electron chi connectivity index (χ2n) is 5.53. The number of likely N-dealkylation sites (tertiary alicyclic amines) is 1. The summed E-state index contributed by atoms with van der Waals surface area (Å²) in [6.07, 6.45) is 3.83. The fraction of sp³-hybridized carbons (Fsp3) is 0.500. The first kappa shape index (κ1) is 15.1. The summed E-state index contributed by atoms with van der Waals surface area (Å²) in [4.78, 5) is 7.96. The highest BCUT2D eigenvalue weighted by atomic mass is 32.1. The minimum Gasteiger partial charge on any atom is -0.424 e. The first-order chi connectivity index (χ1) is 10.8. The first-order valence-electron chi connectivity index (χ1n) is 7.67. The van der Waals surface area contributed by atoms with Gasteiger partial charge in [0.2, 0.25) is 11.6 Å². The molecule has 5 nitrogen and oxygen atoms in total. The fourth-order valence-corrected chi connectivity index (χ4v) is 3.79. The molecule has 116 valence electrons. The lowest BCUT2D eigenvalue weighted by Gasteiger charge is -2.34. The van der Waals surface area contributed by atoms with E-state index in [4.69, 9.17) is 9.68 Å². The minimum atomic E-state index is 0.317. The fourth-order valence-electron chi connectivity index (χ4n) is 2.93. The van der Waals surface area contributed by atoms with Gasteiger partial charge in [-0.2, -0.15) is 5.26 Å². The van der Waals surface area contributed by atoms with E-state index in [9.17, 15) is 0 Å². The molecule has 22 heavy (non-hydrogen) atoms. The highest BCUT2D eigenvalue weighted by Crippen LogP contribution is 2.29. The standard InChI is InChI=1S/C16H20N4OS/c1-12-19-13(10-17)16(21-12)18-11-14(15-6-5-9-22-15)20-7-3-2-4-8-20/h5-6,9,14,18H,2-4,7-8,11H2,1H3. The summed E-state index contributed by atoms with van der Waals surface area (Å²) >= 11 is 1.78. The smallest absolute Gasteiger partial charge is 0.232 e. The zero-order valence-electron chi connectivity index (χ0n) is 12.7. The molecule has 1 fully saturated rings. The van der Waals surface area contributed by atoms with Gasteiger partial charge in [0.05, 0.1) is 6.04 Å². The zero-order valence-corrected chi connectivity index (χ0v) is 13.5. The molecule has 2 aromatic rings. The van der Waals surface area contributed by atoms with Crippen LogP contribution >= 0.6 is 11.3 Å². The molecule has 3 rings (SSSR count). The third-order valence-corrected chi connectivity index (χ3v) is 4.97. The number of rotatable bonds is 5. The quantitative estimate of drug-likeness (QED) is 0.913. The van der Waals surface area contributed by atoms with Crippen molar-refractivity contribution in [2.75, 3.05) is 25.0 Å². The van der Waals surface area contributed by atoms with E-state index in [0.29, 0.717) is 23.5 Å². The highest BCUT2D eigenvalue weighted by molar-refractivity contribution is 7.10. The van der Waals surface area contributed by atoms with Gasteiger partial charge < -0.3 is 9.73 Å². The van der Waals surface area contributed by atoms with E-state index in [1.165, 1.54) is 24.1 Å². The molecule has 0 amide bonds. The van der Waals surface area contributed by atoms with Crippen LogP contribution in [0.3, 0.4) is 0 Å². The average Bonchev–Trinajstić information content (AvgIpc) is 3.18. The van der Waals surface area contributed by atoms with Gasteiger partial charge >= 0.3 is 0 Å². The van der Waals surface area contributed by atoms with Gasteiger partial charge in [-0.05, 0) is 37.4 Å². The van der Waals surface area contributed by atoms with Crippen molar-refractivity contribution in [3.05, 3.63) is 34.0 Å². The first-order valence-corrected chi connectivity index (χ1v) is 8.55. The Balaban J connectivity index is 1.74. The molecule has 1 aliphatic rings. The lowest BCUT2D eigenvalue weighted by atomic mass is 10.1. The Morgan fingerprint density at radius 3 is 2.95 bits per heavy atom. The van der Waals surface area contributed by atoms with Crippen LogP contribution in [0, 0.1) is 18.3 Å². The summed E-state index contributed by atoms with van der Waals surface area (Å²) in [5.74, 6) is 1.00. The van der Waals surface area contributed by atoms with Gasteiger partial charge in [0.1, 0.15) is 6.07 Å². The lowest BCUT2D eigenvalue weighted by molar-refractivity contribution is 0.172. The summed E-state index contributed by atoms with van der Waals surface area (Å²) in [5, 5.41) is 14.5. The van der Waals surface area contributed by atoms with Crippen molar-refractivity contribution in [3.8, 4) is 6.07 Å². The second-order valence-corrected chi connectivity index (χ2v) is 6.51. The lowest BCUT2D eigenvalue weighted by Crippen LogP contribution is -2.36. The molecular weight excluding hydrogens is 296 g/mol. The van der Waals surface area contributed by atoms with Gasteiger partial charge in [0.15, 0.2) is 5.89 Å². The Morgan fingerprint density at radius 2 is 2.27 bits per heavy atom. The van der Waals surface area contributed by atoms with Gasteiger partial charge in [-0.25, -0.2) is 4.98 Å². The van der Waals surface area contributed by atoms with Crippen molar-refractivity contribution in [3.63, 3.8) is 0 Å². The number of nitriles is 1. The molecule has 0 bridgehead atoms. The molecule has 0 saturated carbocycles. The molecule has 0 radical (unpaired) electrons. The number of piperidine rings is 1. The molecule has 0 aliphatic carbocycles. The molecular formula is C16H20N4OS. The van der Waals surface area contributed by atoms with E-state index in [1.807, 2.05) is 0 Å². The van der Waals surface area contributed by atoms with E-state index >= 15 is 0 Å². The minimum absolute atomic E-state index is 0.317. The van der Waals surface area contributed by atoms with Crippen LogP contribution < -0.4 is 5.32 Å². The summed E-state index contributed by atoms with van der Waals surface area (Å²) < 4.78 is 5.50. The predicted octanol–water partition coefficient (Wildman–Crippen LogP) is 3.56. The number of hydrogen-bond acceptors (Lipinski definition) is 6. The molecule has 1 N–H and O–H groups in total. The van der Waals surface area contributed by atoms with Crippen molar-refractivity contribution in [2.45, 2.75) is 32.2 Å². The largest absolute Gasteiger partial charge is 0.424 e. The number of nitrogens with one attached hydrogen (secondary N) is 1. The number of aromatic nitrogens is 1. The molecule has 1 unspecified atom stereocenters. The molecule has 1 atom stereocenters. The molecule has 0 spiro atoms. The maximum Gasteiger partial charge on any atom is 0.232 e. The number of thiophene rings is 1.